The van der Waals surface area contributed by atoms with E-state index in [0.717, 1.165) is 31.5 Å². The number of pyridine rings is 1. The summed E-state index contributed by atoms with van der Waals surface area (Å²) in [5, 5.41) is 16.3. The minimum Gasteiger partial charge on any atom is -0.396 e. The molecule has 1 unspecified atom stereocenters. The van der Waals surface area contributed by atoms with Gasteiger partial charge in [-0.15, -0.1) is 0 Å². The van der Waals surface area contributed by atoms with Crippen molar-refractivity contribution in [2.75, 3.05) is 43.8 Å². The molecule has 1 aliphatic rings. The lowest BCUT2D eigenvalue weighted by atomic mass is 10.1. The number of piperazine rings is 1. The Kier molecular flexibility index (Phi) is 7.94. The van der Waals surface area contributed by atoms with E-state index < -0.39 is 0 Å². The van der Waals surface area contributed by atoms with Crippen molar-refractivity contribution in [3.8, 4) is 0 Å². The lowest BCUT2D eigenvalue weighted by Crippen LogP contribution is -2.46. The highest BCUT2D eigenvalue weighted by atomic mass is 16.3. The summed E-state index contributed by atoms with van der Waals surface area (Å²) in [6.45, 7) is 5.46. The summed E-state index contributed by atoms with van der Waals surface area (Å²) in [7, 11) is 0. The molecule has 1 aliphatic heterocycles. The highest BCUT2D eigenvalue weighted by Crippen LogP contribution is 2.20. The molecule has 5 N–H and O–H groups in total. The van der Waals surface area contributed by atoms with E-state index in [-0.39, 0.29) is 30.1 Å². The lowest BCUT2D eigenvalue weighted by molar-refractivity contribution is 0.0736. The number of benzene rings is 1. The first-order valence-electron chi connectivity index (χ1n) is 12.1. The number of carbonyl (C=O) groups excluding carboxylic acids is 1. The molecule has 186 valence electrons. The van der Waals surface area contributed by atoms with Gasteiger partial charge in [0, 0.05) is 50.6 Å². The number of aromatic nitrogens is 3. The van der Waals surface area contributed by atoms with Gasteiger partial charge in [0.1, 0.15) is 11.2 Å². The Balaban J connectivity index is 1.59. The summed E-state index contributed by atoms with van der Waals surface area (Å²) in [6.07, 6.45) is 3.98. The quantitative estimate of drug-likeness (QED) is 0.362. The first kappa shape index (κ1) is 24.6. The maximum atomic E-state index is 13.4. The number of anilines is 2. The molecule has 10 heteroatoms. The van der Waals surface area contributed by atoms with Crippen LogP contribution in [0.15, 0.2) is 41.3 Å². The van der Waals surface area contributed by atoms with Gasteiger partial charge in [-0.2, -0.15) is 4.98 Å². The van der Waals surface area contributed by atoms with Gasteiger partial charge in [0.2, 0.25) is 5.95 Å². The van der Waals surface area contributed by atoms with Crippen molar-refractivity contribution < 1.29 is 9.90 Å². The fourth-order valence-corrected chi connectivity index (χ4v) is 4.41. The van der Waals surface area contributed by atoms with E-state index in [4.69, 9.17) is 5.73 Å². The van der Waals surface area contributed by atoms with Crippen molar-refractivity contribution in [2.24, 2.45) is 0 Å². The third kappa shape index (κ3) is 5.77. The van der Waals surface area contributed by atoms with Crippen molar-refractivity contribution in [3.63, 3.8) is 0 Å². The molecule has 2 aromatic heterocycles. The Labute approximate surface area is 204 Å². The summed E-state index contributed by atoms with van der Waals surface area (Å²) in [6, 6.07) is 9.10. The second-order valence-corrected chi connectivity index (χ2v) is 8.82. The van der Waals surface area contributed by atoms with Crippen molar-refractivity contribution >= 4 is 28.6 Å². The van der Waals surface area contributed by atoms with Crippen LogP contribution >= 0.6 is 0 Å². The fraction of sp³-hybridized carbons (Fsp3) is 0.440. The molecule has 35 heavy (non-hydrogen) atoms. The van der Waals surface area contributed by atoms with Gasteiger partial charge in [-0.3, -0.25) is 9.59 Å². The molecule has 0 bridgehead atoms. The minimum absolute atomic E-state index is 0.0240. The number of aliphatic hydroxyl groups excluding tert-OH is 1. The second-order valence-electron chi connectivity index (χ2n) is 8.82. The van der Waals surface area contributed by atoms with E-state index in [1.54, 1.807) is 16.8 Å². The summed E-state index contributed by atoms with van der Waals surface area (Å²) in [4.78, 5) is 36.5. The van der Waals surface area contributed by atoms with Gasteiger partial charge >= 0.3 is 0 Å². The minimum atomic E-state index is -0.231. The van der Waals surface area contributed by atoms with E-state index in [2.05, 4.69) is 27.5 Å². The number of hydrogen-bond acceptors (Lipinski definition) is 8. The Morgan fingerprint density at radius 3 is 2.60 bits per heavy atom. The standard InChI is InChI=1S/C25H33N7O3/c1-2-3-19(9-15-33)28-22-21-20(29-25(26)30-22)8-12-32(24(21)35)16-17-4-6-18(7-5-17)23(34)31-13-10-27-11-14-31/h4-8,12,19,27,33H,2-3,9-11,13-16H2,1H3,(H3,26,28,29,30). The third-order valence-electron chi connectivity index (χ3n) is 6.25. The van der Waals surface area contributed by atoms with Gasteiger partial charge in [-0.05, 0) is 36.6 Å². The van der Waals surface area contributed by atoms with Crippen LogP contribution in [-0.4, -0.2) is 69.3 Å². The SMILES string of the molecule is CCCC(CCO)Nc1nc(N)nc2ccn(Cc3ccc(C(=O)N4CCNCC4)cc3)c(=O)c12. The Morgan fingerprint density at radius 2 is 1.91 bits per heavy atom. The summed E-state index contributed by atoms with van der Waals surface area (Å²) in [5.74, 6) is 0.493. The first-order valence-corrected chi connectivity index (χ1v) is 12.1. The zero-order valence-corrected chi connectivity index (χ0v) is 20.0. The first-order chi connectivity index (χ1) is 17.0. The summed E-state index contributed by atoms with van der Waals surface area (Å²) in [5.41, 5.74) is 7.68. The topological polar surface area (TPSA) is 138 Å². The number of fused-ring (bicyclic) bond motifs is 1. The molecule has 0 aliphatic carbocycles. The van der Waals surface area contributed by atoms with Crippen LogP contribution in [0.1, 0.15) is 42.1 Å². The Hall–Kier alpha value is -3.50. The molecule has 0 spiro atoms. The number of rotatable bonds is 9. The maximum Gasteiger partial charge on any atom is 0.264 e. The second kappa shape index (κ2) is 11.3. The zero-order valence-electron chi connectivity index (χ0n) is 20.0. The van der Waals surface area contributed by atoms with Crippen LogP contribution in [0, 0.1) is 0 Å². The van der Waals surface area contributed by atoms with Gasteiger partial charge in [-0.1, -0.05) is 25.5 Å². The molecule has 4 rings (SSSR count). The van der Waals surface area contributed by atoms with Crippen molar-refractivity contribution in [2.45, 2.75) is 38.8 Å². The van der Waals surface area contributed by atoms with Crippen LogP contribution in [0.3, 0.4) is 0 Å². The van der Waals surface area contributed by atoms with Crippen LogP contribution in [0.4, 0.5) is 11.8 Å². The van der Waals surface area contributed by atoms with E-state index in [1.165, 1.54) is 0 Å². The third-order valence-corrected chi connectivity index (χ3v) is 6.25. The van der Waals surface area contributed by atoms with E-state index in [9.17, 15) is 14.7 Å². The Morgan fingerprint density at radius 1 is 1.17 bits per heavy atom. The number of hydrogen-bond donors (Lipinski definition) is 4. The van der Waals surface area contributed by atoms with Crippen molar-refractivity contribution in [1.82, 2.24) is 24.8 Å². The maximum absolute atomic E-state index is 13.4. The summed E-state index contributed by atoms with van der Waals surface area (Å²) >= 11 is 0. The molecular formula is C25H33N7O3. The van der Waals surface area contributed by atoms with E-state index >= 15 is 0 Å². The highest BCUT2D eigenvalue weighted by Gasteiger charge is 2.18. The van der Waals surface area contributed by atoms with E-state index in [0.29, 0.717) is 48.3 Å². The molecule has 0 saturated carbocycles. The molecule has 1 atom stereocenters. The number of amides is 1. The molecule has 1 saturated heterocycles. The number of nitrogens with two attached hydrogens (primary N) is 1. The number of carbonyl (C=O) groups is 1. The molecule has 1 amide bonds. The van der Waals surface area contributed by atoms with Gasteiger partial charge < -0.3 is 30.9 Å². The lowest BCUT2D eigenvalue weighted by Gasteiger charge is -2.27. The van der Waals surface area contributed by atoms with Crippen LogP contribution in [0.2, 0.25) is 0 Å². The van der Waals surface area contributed by atoms with Crippen molar-refractivity contribution in [3.05, 3.63) is 58.0 Å². The molecule has 1 fully saturated rings. The molecular weight excluding hydrogens is 446 g/mol. The highest BCUT2D eigenvalue weighted by molar-refractivity contribution is 5.94. The normalized spacial score (nSPS) is 14.7. The number of aliphatic hydroxyl groups is 1. The van der Waals surface area contributed by atoms with Gasteiger partial charge in [0.25, 0.3) is 11.5 Å². The Bertz CT molecular complexity index is 1210. The van der Waals surface area contributed by atoms with Crippen LogP contribution in [-0.2, 0) is 6.54 Å². The van der Waals surface area contributed by atoms with Gasteiger partial charge in [-0.25, -0.2) is 4.98 Å². The monoisotopic (exact) mass is 479 g/mol. The van der Waals surface area contributed by atoms with Crippen LogP contribution < -0.4 is 21.9 Å². The van der Waals surface area contributed by atoms with Crippen molar-refractivity contribution in [1.29, 1.82) is 0 Å². The number of nitrogens with one attached hydrogen (secondary N) is 2. The molecule has 10 nitrogen and oxygen atoms in total. The molecule has 3 aromatic rings. The van der Waals surface area contributed by atoms with Gasteiger partial charge in [0.05, 0.1) is 12.1 Å². The average molecular weight is 480 g/mol. The van der Waals surface area contributed by atoms with Gasteiger partial charge in [0.15, 0.2) is 0 Å². The zero-order chi connectivity index (χ0) is 24.8. The predicted molar refractivity (Wildman–Crippen MR) is 137 cm³/mol. The average Bonchev–Trinajstić information content (AvgIpc) is 2.86. The summed E-state index contributed by atoms with van der Waals surface area (Å²) < 4.78 is 1.60. The fourth-order valence-electron chi connectivity index (χ4n) is 4.41. The molecule has 1 aromatic carbocycles. The molecule has 3 heterocycles. The number of nitrogens with zero attached hydrogens (tertiary/aromatic N) is 4. The number of nitrogen functional groups attached to an aromatic ring is 1. The smallest absolute Gasteiger partial charge is 0.264 e. The van der Waals surface area contributed by atoms with Crippen LogP contribution in [0.25, 0.3) is 10.9 Å². The predicted octanol–water partition coefficient (Wildman–Crippen LogP) is 1.43. The van der Waals surface area contributed by atoms with Crippen LogP contribution in [0.5, 0.6) is 0 Å². The van der Waals surface area contributed by atoms with E-state index in [1.807, 2.05) is 29.2 Å². The largest absolute Gasteiger partial charge is 0.396 e. The molecule has 0 radical (unpaired) electrons.